The summed E-state index contributed by atoms with van der Waals surface area (Å²) in [6.45, 7) is 2.72. The summed E-state index contributed by atoms with van der Waals surface area (Å²) in [6.07, 6.45) is -6.12. The van der Waals surface area contributed by atoms with E-state index in [1.165, 1.54) is 19.1 Å². The third-order valence-corrected chi connectivity index (χ3v) is 2.65. The van der Waals surface area contributed by atoms with E-state index in [9.17, 15) is 31.9 Å². The maximum Gasteiger partial charge on any atom is 0.461 e. The van der Waals surface area contributed by atoms with Crippen LogP contribution in [0.3, 0.4) is 0 Å². The van der Waals surface area contributed by atoms with E-state index >= 15 is 0 Å². The lowest BCUT2D eigenvalue weighted by atomic mass is 10.2. The van der Waals surface area contributed by atoms with Crippen LogP contribution in [0.2, 0.25) is 0 Å². The highest BCUT2D eigenvalue weighted by atomic mass is 19.4. The zero-order chi connectivity index (χ0) is 18.5. The third-order valence-electron chi connectivity index (χ3n) is 2.65. The highest BCUT2D eigenvalue weighted by molar-refractivity contribution is 5.88. The van der Waals surface area contributed by atoms with E-state index in [1.807, 2.05) is 0 Å². The number of aryl methyl sites for hydroxylation is 1. The summed E-state index contributed by atoms with van der Waals surface area (Å²) in [6, 6.07) is 5.93. The van der Waals surface area contributed by atoms with Gasteiger partial charge in [0.2, 0.25) is 11.5 Å². The van der Waals surface area contributed by atoms with Crippen molar-refractivity contribution in [3.63, 3.8) is 0 Å². The van der Waals surface area contributed by atoms with E-state index in [2.05, 4.69) is 15.0 Å². The topological polar surface area (TPSA) is 71.2 Å². The predicted molar refractivity (Wildman–Crippen MR) is 73.0 cm³/mol. The Morgan fingerprint density at radius 1 is 1.17 bits per heavy atom. The number of benzene rings is 1. The second-order valence-corrected chi connectivity index (χ2v) is 4.53. The van der Waals surface area contributed by atoms with Crippen molar-refractivity contribution in [3.05, 3.63) is 41.3 Å². The van der Waals surface area contributed by atoms with Crippen molar-refractivity contribution in [2.75, 3.05) is 6.61 Å². The van der Waals surface area contributed by atoms with Crippen molar-refractivity contribution in [1.82, 2.24) is 0 Å². The van der Waals surface area contributed by atoms with Gasteiger partial charge in [-0.05, 0) is 26.0 Å². The number of nitrogens with zero attached hydrogens (tertiary/aromatic N) is 2. The van der Waals surface area contributed by atoms with Gasteiger partial charge in [0.05, 0.1) is 12.3 Å². The molecule has 24 heavy (non-hydrogen) atoms. The number of halogens is 5. The quantitative estimate of drug-likeness (QED) is 0.277. The summed E-state index contributed by atoms with van der Waals surface area (Å²) in [5.41, 5.74) is -0.716. The van der Waals surface area contributed by atoms with Gasteiger partial charge in [0, 0.05) is 0 Å². The zero-order valence-corrected chi connectivity index (χ0v) is 12.6. The van der Waals surface area contributed by atoms with Crippen molar-refractivity contribution in [2.24, 2.45) is 10.2 Å². The standard InChI is InChI=1S/C14H13F5N2O3/c1-3-24-12(23)10(11(22)13(15,16)14(17,18)19)21-20-9-6-4-8(2)5-7-9/h4-7,22H,3H2,1-2H3. The van der Waals surface area contributed by atoms with Gasteiger partial charge in [-0.1, -0.05) is 17.7 Å². The Labute approximate surface area is 133 Å². The zero-order valence-electron chi connectivity index (χ0n) is 12.6. The van der Waals surface area contributed by atoms with Crippen LogP contribution in [0.25, 0.3) is 0 Å². The van der Waals surface area contributed by atoms with Crippen LogP contribution in [0.5, 0.6) is 0 Å². The SMILES string of the molecule is CCOC(=O)C(N=Nc1ccc(C)cc1)=C(O)C(F)(F)C(F)(F)F. The minimum atomic E-state index is -6.12. The van der Waals surface area contributed by atoms with Gasteiger partial charge in [0.15, 0.2) is 0 Å². The highest BCUT2D eigenvalue weighted by Crippen LogP contribution is 2.41. The van der Waals surface area contributed by atoms with E-state index < -0.39 is 29.5 Å². The van der Waals surface area contributed by atoms with Gasteiger partial charge in [0.25, 0.3) is 0 Å². The fraction of sp³-hybridized carbons (Fsp3) is 0.357. The third kappa shape index (κ3) is 4.49. The van der Waals surface area contributed by atoms with Gasteiger partial charge in [-0.15, -0.1) is 5.11 Å². The molecule has 0 aliphatic heterocycles. The Hall–Kier alpha value is -2.52. The number of aliphatic hydroxyl groups is 1. The van der Waals surface area contributed by atoms with Crippen molar-refractivity contribution < 1.29 is 36.6 Å². The molecule has 0 fully saturated rings. The molecule has 1 N–H and O–H groups in total. The number of ether oxygens (including phenoxy) is 1. The maximum atomic E-state index is 13.2. The first-order chi connectivity index (χ1) is 11.0. The summed E-state index contributed by atoms with van der Waals surface area (Å²) in [5, 5.41) is 15.6. The molecule has 0 heterocycles. The van der Waals surface area contributed by atoms with Gasteiger partial charge in [-0.2, -0.15) is 27.1 Å². The molecule has 1 aromatic carbocycles. The van der Waals surface area contributed by atoms with Crippen molar-refractivity contribution >= 4 is 11.7 Å². The van der Waals surface area contributed by atoms with E-state index in [1.54, 1.807) is 19.1 Å². The minimum Gasteiger partial charge on any atom is -0.504 e. The lowest BCUT2D eigenvalue weighted by molar-refractivity contribution is -0.274. The number of hydrogen-bond acceptors (Lipinski definition) is 5. The Bertz CT molecular complexity index is 651. The molecule has 1 aromatic rings. The second kappa shape index (κ2) is 7.37. The molecule has 5 nitrogen and oxygen atoms in total. The van der Waals surface area contributed by atoms with Crippen LogP contribution in [0, 0.1) is 6.92 Å². The molecular formula is C14H13F5N2O3. The Kier molecular flexibility index (Phi) is 5.99. The smallest absolute Gasteiger partial charge is 0.461 e. The number of carbonyl (C=O) groups excluding carboxylic acids is 1. The fourth-order valence-corrected chi connectivity index (χ4v) is 1.39. The lowest BCUT2D eigenvalue weighted by Crippen LogP contribution is -2.39. The van der Waals surface area contributed by atoms with E-state index in [0.29, 0.717) is 0 Å². The Balaban J connectivity index is 3.33. The van der Waals surface area contributed by atoms with Gasteiger partial charge < -0.3 is 9.84 Å². The molecular weight excluding hydrogens is 339 g/mol. The van der Waals surface area contributed by atoms with E-state index in [0.717, 1.165) is 5.56 Å². The normalized spacial score (nSPS) is 13.8. The highest BCUT2D eigenvalue weighted by Gasteiger charge is 2.62. The average molecular weight is 352 g/mol. The predicted octanol–water partition coefficient (Wildman–Crippen LogP) is 4.61. The Morgan fingerprint density at radius 2 is 1.71 bits per heavy atom. The van der Waals surface area contributed by atoms with Crippen LogP contribution in [-0.2, 0) is 9.53 Å². The molecule has 132 valence electrons. The molecule has 0 aromatic heterocycles. The number of allylic oxidation sites excluding steroid dienone is 1. The van der Waals surface area contributed by atoms with Crippen LogP contribution in [0.15, 0.2) is 46.0 Å². The van der Waals surface area contributed by atoms with Crippen molar-refractivity contribution in [3.8, 4) is 0 Å². The van der Waals surface area contributed by atoms with Crippen LogP contribution < -0.4 is 0 Å². The lowest BCUT2D eigenvalue weighted by Gasteiger charge is -2.19. The van der Waals surface area contributed by atoms with Crippen LogP contribution in [-0.4, -0.2) is 29.8 Å². The first-order valence-electron chi connectivity index (χ1n) is 6.54. The molecule has 0 saturated heterocycles. The number of alkyl halides is 5. The second-order valence-electron chi connectivity index (χ2n) is 4.53. The monoisotopic (exact) mass is 352 g/mol. The summed E-state index contributed by atoms with van der Waals surface area (Å²) < 4.78 is 67.7. The van der Waals surface area contributed by atoms with Crippen LogP contribution in [0.1, 0.15) is 12.5 Å². The number of esters is 1. The molecule has 10 heteroatoms. The molecule has 0 amide bonds. The summed E-state index contributed by atoms with van der Waals surface area (Å²) in [7, 11) is 0. The van der Waals surface area contributed by atoms with Crippen LogP contribution in [0.4, 0.5) is 27.6 Å². The molecule has 0 saturated carbocycles. The number of carbonyl (C=O) groups is 1. The van der Waals surface area contributed by atoms with Gasteiger partial charge >= 0.3 is 18.1 Å². The molecule has 0 unspecified atom stereocenters. The molecule has 0 aliphatic carbocycles. The average Bonchev–Trinajstić information content (AvgIpc) is 2.48. The summed E-state index contributed by atoms with van der Waals surface area (Å²) in [4.78, 5) is 11.5. The molecule has 1 rings (SSSR count). The first-order valence-corrected chi connectivity index (χ1v) is 6.54. The number of rotatable bonds is 5. The first kappa shape index (κ1) is 19.5. The largest absolute Gasteiger partial charge is 0.504 e. The van der Waals surface area contributed by atoms with Crippen molar-refractivity contribution in [2.45, 2.75) is 25.9 Å². The summed E-state index contributed by atoms with van der Waals surface area (Å²) >= 11 is 0. The van der Waals surface area contributed by atoms with Crippen LogP contribution >= 0.6 is 0 Å². The van der Waals surface area contributed by atoms with Gasteiger partial charge in [0.1, 0.15) is 0 Å². The fourth-order valence-electron chi connectivity index (χ4n) is 1.39. The van der Waals surface area contributed by atoms with Crippen molar-refractivity contribution in [1.29, 1.82) is 0 Å². The molecule has 0 atom stereocenters. The molecule has 0 bridgehead atoms. The molecule has 0 spiro atoms. The van der Waals surface area contributed by atoms with Gasteiger partial charge in [-0.3, -0.25) is 0 Å². The summed E-state index contributed by atoms with van der Waals surface area (Å²) in [5.74, 6) is -9.92. The Morgan fingerprint density at radius 3 is 2.17 bits per heavy atom. The van der Waals surface area contributed by atoms with Gasteiger partial charge in [-0.25, -0.2) is 4.79 Å². The molecule has 0 aliphatic rings. The number of hydrogen-bond donors (Lipinski definition) is 1. The number of aliphatic hydroxyl groups excluding tert-OH is 1. The van der Waals surface area contributed by atoms with E-state index in [-0.39, 0.29) is 12.3 Å². The minimum absolute atomic E-state index is 0.0746. The molecule has 0 radical (unpaired) electrons. The number of azo groups is 1. The maximum absolute atomic E-state index is 13.2. The van der Waals surface area contributed by atoms with E-state index in [4.69, 9.17) is 0 Å².